The van der Waals surface area contributed by atoms with E-state index >= 15 is 0 Å². The van der Waals surface area contributed by atoms with E-state index in [2.05, 4.69) is 4.90 Å². The predicted octanol–water partition coefficient (Wildman–Crippen LogP) is 1.52. The number of rotatable bonds is 1. The van der Waals surface area contributed by atoms with Crippen LogP contribution in [-0.2, 0) is 15.0 Å². The number of aliphatic hydroxyl groups excluding tert-OH is 1. The number of phenolic OH excluding ortho intramolecular Hbond substituents is 1. The molecule has 2 N–H and O–H groups in total. The number of benzene rings is 1. The van der Waals surface area contributed by atoms with Gasteiger partial charge in [-0.1, -0.05) is 29.9 Å². The molecule has 4 aliphatic heterocycles. The Hall–Kier alpha value is -2.44. The number of ketones is 1. The Labute approximate surface area is 163 Å². The van der Waals surface area contributed by atoms with Crippen molar-refractivity contribution in [1.82, 2.24) is 4.90 Å². The lowest BCUT2D eigenvalue weighted by molar-refractivity contribution is -0.127. The van der Waals surface area contributed by atoms with Crippen LogP contribution in [0, 0.1) is 5.92 Å². The zero-order valence-corrected chi connectivity index (χ0v) is 15.9. The van der Waals surface area contributed by atoms with E-state index in [9.17, 15) is 19.8 Å². The van der Waals surface area contributed by atoms with Crippen molar-refractivity contribution in [1.29, 1.82) is 0 Å². The third-order valence-corrected chi connectivity index (χ3v) is 6.99. The number of carbonyl (C=O) groups is 2. The minimum absolute atomic E-state index is 0.0572. The van der Waals surface area contributed by atoms with Crippen LogP contribution in [0.4, 0.5) is 5.69 Å². The summed E-state index contributed by atoms with van der Waals surface area (Å²) in [4.78, 5) is 30.5. The van der Waals surface area contributed by atoms with Crippen molar-refractivity contribution in [2.24, 2.45) is 5.92 Å². The van der Waals surface area contributed by atoms with E-state index in [-0.39, 0.29) is 42.4 Å². The number of likely N-dealkylation sites (N-methyl/N-ethyl adjacent to an activating group) is 1. The average molecular weight is 380 g/mol. The lowest BCUT2D eigenvalue weighted by Crippen LogP contribution is -2.58. The number of aliphatic hydroxyl groups is 1. The van der Waals surface area contributed by atoms with Crippen molar-refractivity contribution < 1.29 is 19.8 Å². The normalized spacial score (nSPS) is 33.3. The van der Waals surface area contributed by atoms with E-state index < -0.39 is 5.41 Å². The summed E-state index contributed by atoms with van der Waals surface area (Å²) in [5.41, 5.74) is 2.60. The van der Waals surface area contributed by atoms with Gasteiger partial charge >= 0.3 is 0 Å². The number of para-hydroxylation sites is 1. The molecule has 3 atom stereocenters. The third kappa shape index (κ3) is 2.10. The van der Waals surface area contributed by atoms with Crippen LogP contribution < -0.4 is 4.90 Å². The highest BCUT2D eigenvalue weighted by molar-refractivity contribution is 6.09. The minimum atomic E-state index is -0.810. The molecular weight excluding hydrogens is 356 g/mol. The molecular formula is C22H24N2O4. The minimum Gasteiger partial charge on any atom is -0.506 e. The molecule has 6 rings (SSSR count). The van der Waals surface area contributed by atoms with Gasteiger partial charge in [-0.15, -0.1) is 0 Å². The van der Waals surface area contributed by atoms with Crippen LogP contribution in [0.3, 0.4) is 0 Å². The summed E-state index contributed by atoms with van der Waals surface area (Å²) in [6.07, 6.45) is 5.05. The molecule has 3 fully saturated rings. The molecule has 0 unspecified atom stereocenters. The average Bonchev–Trinajstić information content (AvgIpc) is 3.01. The van der Waals surface area contributed by atoms with Crippen LogP contribution in [0.5, 0.6) is 5.75 Å². The van der Waals surface area contributed by atoms with Crippen molar-refractivity contribution in [3.05, 3.63) is 47.1 Å². The molecule has 5 aliphatic rings. The Morgan fingerprint density at radius 3 is 2.93 bits per heavy atom. The summed E-state index contributed by atoms with van der Waals surface area (Å²) in [6.45, 7) is 1.32. The van der Waals surface area contributed by atoms with E-state index in [4.69, 9.17) is 0 Å². The van der Waals surface area contributed by atoms with E-state index in [1.165, 1.54) is 0 Å². The zero-order chi connectivity index (χ0) is 19.6. The van der Waals surface area contributed by atoms with Crippen LogP contribution in [0.25, 0.3) is 0 Å². The van der Waals surface area contributed by atoms with Gasteiger partial charge in [-0.3, -0.25) is 14.5 Å². The van der Waals surface area contributed by atoms with Crippen LogP contribution in [-0.4, -0.2) is 59.6 Å². The van der Waals surface area contributed by atoms with E-state index in [1.807, 2.05) is 25.3 Å². The fourth-order valence-corrected chi connectivity index (χ4v) is 5.83. The van der Waals surface area contributed by atoms with Gasteiger partial charge in [0.15, 0.2) is 0 Å². The first-order valence-electron chi connectivity index (χ1n) is 9.85. The summed E-state index contributed by atoms with van der Waals surface area (Å²) in [5, 5.41) is 20.2. The highest BCUT2D eigenvalue weighted by Crippen LogP contribution is 2.60. The molecule has 2 saturated heterocycles. The number of hydrogen-bond acceptors (Lipinski definition) is 5. The van der Waals surface area contributed by atoms with Crippen LogP contribution >= 0.6 is 0 Å². The van der Waals surface area contributed by atoms with Gasteiger partial charge in [0.25, 0.3) is 0 Å². The topological polar surface area (TPSA) is 81.1 Å². The van der Waals surface area contributed by atoms with Crippen molar-refractivity contribution in [2.75, 3.05) is 31.6 Å². The number of nitrogens with zero attached hydrogens (tertiary/aromatic N) is 2. The Balaban J connectivity index is 1.81. The summed E-state index contributed by atoms with van der Waals surface area (Å²) < 4.78 is 0. The van der Waals surface area contributed by atoms with E-state index in [0.29, 0.717) is 31.6 Å². The van der Waals surface area contributed by atoms with Gasteiger partial charge in [0.2, 0.25) is 5.91 Å². The molecule has 2 bridgehead atoms. The molecule has 0 radical (unpaired) electrons. The van der Waals surface area contributed by atoms with Gasteiger partial charge < -0.3 is 15.1 Å². The first kappa shape index (κ1) is 17.6. The van der Waals surface area contributed by atoms with Gasteiger partial charge in [0, 0.05) is 25.3 Å². The quantitative estimate of drug-likeness (QED) is 0.722. The number of Topliss-reactive ketones (excluding diaryl/α,β-unsaturated/α-hetero) is 1. The standard InChI is InChI=1S/C22H24N2O4/c1-23-9-8-22-16-3-2-4-17(26)20(16)24-19(28)6-5-14(21(22)24)15(11-18(22)27)13(12-23)7-10-25/h2-5,7,15,21,25-26H,6,8-12H2,1H3/t15-,21-,22+/m0/s1. The molecule has 28 heavy (non-hydrogen) atoms. The van der Waals surface area contributed by atoms with Crippen molar-refractivity contribution >= 4 is 17.4 Å². The Morgan fingerprint density at radius 1 is 1.32 bits per heavy atom. The van der Waals surface area contributed by atoms with Gasteiger partial charge in [-0.05, 0) is 37.2 Å². The molecule has 1 aliphatic carbocycles. The van der Waals surface area contributed by atoms with Crippen molar-refractivity contribution in [3.8, 4) is 5.75 Å². The second-order valence-corrected chi connectivity index (χ2v) is 8.35. The molecule has 6 nitrogen and oxygen atoms in total. The van der Waals surface area contributed by atoms with Crippen molar-refractivity contribution in [2.45, 2.75) is 30.7 Å². The maximum absolute atomic E-state index is 13.7. The number of hydrogen-bond donors (Lipinski definition) is 2. The first-order chi connectivity index (χ1) is 13.5. The number of fused-ring (bicyclic) bond motifs is 7. The SMILES string of the molecule is CN1CC[C@]23C(=O)C[C@@H](C(=CCO)C1)C1=CCC(=O)N(c4c(O)cccc42)[C@@H]13. The Bertz CT molecular complexity index is 950. The number of carbonyl (C=O) groups excluding carboxylic acids is 2. The highest BCUT2D eigenvalue weighted by atomic mass is 16.3. The molecule has 146 valence electrons. The summed E-state index contributed by atoms with van der Waals surface area (Å²) in [6, 6.07) is 4.88. The molecule has 1 saturated carbocycles. The fraction of sp³-hybridized carbons (Fsp3) is 0.455. The maximum Gasteiger partial charge on any atom is 0.231 e. The Kier molecular flexibility index (Phi) is 3.80. The summed E-state index contributed by atoms with van der Waals surface area (Å²) in [5.74, 6) is 0.00194. The molecule has 4 heterocycles. The highest BCUT2D eigenvalue weighted by Gasteiger charge is 2.63. The number of phenols is 1. The summed E-state index contributed by atoms with van der Waals surface area (Å²) >= 11 is 0. The maximum atomic E-state index is 13.7. The monoisotopic (exact) mass is 380 g/mol. The molecule has 0 aromatic heterocycles. The summed E-state index contributed by atoms with van der Waals surface area (Å²) in [7, 11) is 2.02. The number of aromatic hydroxyl groups is 1. The Morgan fingerprint density at radius 2 is 2.14 bits per heavy atom. The number of amides is 1. The third-order valence-electron chi connectivity index (χ3n) is 6.99. The second kappa shape index (κ2) is 6.03. The fourth-order valence-electron chi connectivity index (χ4n) is 5.83. The molecule has 1 aromatic rings. The molecule has 1 spiro atoms. The van der Waals surface area contributed by atoms with Gasteiger partial charge in [-0.25, -0.2) is 0 Å². The zero-order valence-electron chi connectivity index (χ0n) is 15.9. The second-order valence-electron chi connectivity index (χ2n) is 8.35. The van der Waals surface area contributed by atoms with Gasteiger partial charge in [0.1, 0.15) is 11.5 Å². The molecule has 6 heteroatoms. The van der Waals surface area contributed by atoms with Crippen molar-refractivity contribution in [3.63, 3.8) is 0 Å². The van der Waals surface area contributed by atoms with Gasteiger partial charge in [-0.2, -0.15) is 0 Å². The number of anilines is 1. The lowest BCUT2D eigenvalue weighted by Gasteiger charge is -2.47. The lowest BCUT2D eigenvalue weighted by atomic mass is 9.59. The van der Waals surface area contributed by atoms with Crippen LogP contribution in [0.15, 0.2) is 41.5 Å². The van der Waals surface area contributed by atoms with E-state index in [0.717, 1.165) is 16.7 Å². The van der Waals surface area contributed by atoms with Crippen LogP contribution in [0.1, 0.15) is 24.8 Å². The predicted molar refractivity (Wildman–Crippen MR) is 104 cm³/mol. The largest absolute Gasteiger partial charge is 0.506 e. The smallest absolute Gasteiger partial charge is 0.231 e. The van der Waals surface area contributed by atoms with E-state index in [1.54, 1.807) is 17.0 Å². The van der Waals surface area contributed by atoms with Crippen LogP contribution in [0.2, 0.25) is 0 Å². The van der Waals surface area contributed by atoms with Gasteiger partial charge in [0.05, 0.1) is 23.8 Å². The molecule has 1 aromatic carbocycles. The molecule has 1 amide bonds. The first-order valence-corrected chi connectivity index (χ1v) is 9.85.